The first-order valence-electron chi connectivity index (χ1n) is 11.0. The number of nitrogens with zero attached hydrogens (tertiary/aromatic N) is 2. The maximum atomic E-state index is 11.6. The van der Waals surface area contributed by atoms with Crippen molar-refractivity contribution >= 4 is 11.6 Å². The van der Waals surface area contributed by atoms with Crippen molar-refractivity contribution in [3.8, 4) is 11.6 Å². The van der Waals surface area contributed by atoms with E-state index >= 15 is 0 Å². The van der Waals surface area contributed by atoms with Crippen LogP contribution in [-0.2, 0) is 4.79 Å². The number of ether oxygens (including phenoxy) is 2. The monoisotopic (exact) mass is 409 g/mol. The van der Waals surface area contributed by atoms with E-state index < -0.39 is 0 Å². The molecule has 1 saturated heterocycles. The molecule has 1 amide bonds. The van der Waals surface area contributed by atoms with Crippen LogP contribution in [0.4, 0.5) is 5.69 Å². The average Bonchev–Trinajstić information content (AvgIpc) is 3.49. The van der Waals surface area contributed by atoms with Crippen molar-refractivity contribution in [1.29, 1.82) is 0 Å². The molecule has 0 spiro atoms. The minimum Gasteiger partial charge on any atom is -0.489 e. The third-order valence-corrected chi connectivity index (χ3v) is 5.77. The van der Waals surface area contributed by atoms with Crippen molar-refractivity contribution in [2.45, 2.75) is 51.7 Å². The number of amides is 1. The van der Waals surface area contributed by atoms with Gasteiger partial charge in [0, 0.05) is 37.3 Å². The number of hydrogen-bond acceptors (Lipinski definition) is 5. The van der Waals surface area contributed by atoms with Gasteiger partial charge < -0.3 is 19.7 Å². The Kier molecular flexibility index (Phi) is 6.41. The number of aromatic nitrogens is 1. The van der Waals surface area contributed by atoms with E-state index in [1.54, 1.807) is 0 Å². The maximum Gasteiger partial charge on any atom is 0.220 e. The summed E-state index contributed by atoms with van der Waals surface area (Å²) in [5, 5.41) is 2.98. The summed E-state index contributed by atoms with van der Waals surface area (Å²) in [7, 11) is 0. The number of benzene rings is 1. The molecule has 2 aromatic rings. The Hall–Kier alpha value is -2.76. The Morgan fingerprint density at radius 2 is 2.03 bits per heavy atom. The predicted molar refractivity (Wildman–Crippen MR) is 117 cm³/mol. The molecule has 1 aliphatic heterocycles. The highest BCUT2D eigenvalue weighted by atomic mass is 16.5. The molecule has 4 rings (SSSR count). The first-order valence-corrected chi connectivity index (χ1v) is 11.0. The largest absolute Gasteiger partial charge is 0.489 e. The van der Waals surface area contributed by atoms with E-state index in [2.05, 4.69) is 15.2 Å². The Morgan fingerprint density at radius 1 is 1.23 bits per heavy atom. The molecule has 30 heavy (non-hydrogen) atoms. The summed E-state index contributed by atoms with van der Waals surface area (Å²) in [5.74, 6) is 2.36. The zero-order chi connectivity index (χ0) is 20.9. The quantitative estimate of drug-likeness (QED) is 0.675. The van der Waals surface area contributed by atoms with E-state index in [-0.39, 0.29) is 18.1 Å². The average molecular weight is 410 g/mol. The van der Waals surface area contributed by atoms with E-state index in [0.29, 0.717) is 12.3 Å². The molecule has 6 nitrogen and oxygen atoms in total. The molecular formula is C24H31N3O3. The van der Waals surface area contributed by atoms with Crippen LogP contribution in [0.2, 0.25) is 0 Å². The summed E-state index contributed by atoms with van der Waals surface area (Å²) in [6.07, 6.45) is 6.00. The highest BCUT2D eigenvalue weighted by molar-refractivity contribution is 5.76. The fourth-order valence-corrected chi connectivity index (χ4v) is 3.68. The second kappa shape index (κ2) is 9.37. The number of rotatable bonds is 9. The third kappa shape index (κ3) is 5.43. The molecule has 6 heteroatoms. The van der Waals surface area contributed by atoms with E-state index in [9.17, 15) is 4.79 Å². The summed E-state index contributed by atoms with van der Waals surface area (Å²) in [5.41, 5.74) is 2.21. The summed E-state index contributed by atoms with van der Waals surface area (Å²) in [4.78, 5) is 18.2. The van der Waals surface area contributed by atoms with Gasteiger partial charge in [-0.2, -0.15) is 0 Å². The molecule has 2 heterocycles. The molecule has 0 unspecified atom stereocenters. The van der Waals surface area contributed by atoms with Gasteiger partial charge in [-0.1, -0.05) is 19.1 Å². The highest BCUT2D eigenvalue weighted by Gasteiger charge is 2.25. The van der Waals surface area contributed by atoms with Crippen LogP contribution in [-0.4, -0.2) is 36.7 Å². The Labute approximate surface area is 178 Å². The van der Waals surface area contributed by atoms with Crippen molar-refractivity contribution < 1.29 is 14.3 Å². The van der Waals surface area contributed by atoms with Gasteiger partial charge in [0.25, 0.3) is 0 Å². The Morgan fingerprint density at radius 3 is 2.77 bits per heavy atom. The molecule has 2 atom stereocenters. The van der Waals surface area contributed by atoms with Crippen LogP contribution in [0.3, 0.4) is 0 Å². The van der Waals surface area contributed by atoms with Gasteiger partial charge in [-0.25, -0.2) is 4.98 Å². The van der Waals surface area contributed by atoms with Gasteiger partial charge in [0.05, 0.1) is 19.2 Å². The number of carbonyl (C=O) groups is 1. The van der Waals surface area contributed by atoms with Crippen LogP contribution in [0.5, 0.6) is 11.6 Å². The van der Waals surface area contributed by atoms with Crippen LogP contribution in [0.1, 0.15) is 51.1 Å². The number of nitrogens with one attached hydrogen (secondary N) is 1. The van der Waals surface area contributed by atoms with E-state index in [1.807, 2.05) is 56.4 Å². The molecule has 1 aliphatic carbocycles. The third-order valence-electron chi connectivity index (χ3n) is 5.77. The second-order valence-corrected chi connectivity index (χ2v) is 8.29. The fraction of sp³-hybridized carbons (Fsp3) is 0.500. The van der Waals surface area contributed by atoms with Crippen molar-refractivity contribution in [3.05, 3.63) is 48.2 Å². The standard InChI is InChI=1S/C24H31N3O3/c1-3-23(28)26-17(2)19-6-8-21(9-7-19)30-22-11-13-27(15-22)20-10-12-25-24(14-20)29-16-18-4-5-18/h6-10,12,14,17-18,22H,3-5,11,13,15-16H2,1-2H3,(H,26,28)/t17-,22+/m0/s1. The normalized spacial score (nSPS) is 19.4. The number of anilines is 1. The summed E-state index contributed by atoms with van der Waals surface area (Å²) in [6.45, 7) is 6.43. The molecule has 1 aromatic carbocycles. The van der Waals surface area contributed by atoms with Crippen molar-refractivity contribution in [3.63, 3.8) is 0 Å². The molecule has 0 bridgehead atoms. The smallest absolute Gasteiger partial charge is 0.220 e. The molecular weight excluding hydrogens is 378 g/mol. The van der Waals surface area contributed by atoms with Crippen LogP contribution >= 0.6 is 0 Å². The highest BCUT2D eigenvalue weighted by Crippen LogP contribution is 2.30. The van der Waals surface area contributed by atoms with Crippen LogP contribution in [0, 0.1) is 5.92 Å². The predicted octanol–water partition coefficient (Wildman–Crippen LogP) is 4.12. The van der Waals surface area contributed by atoms with Gasteiger partial charge in [-0.05, 0) is 49.4 Å². The van der Waals surface area contributed by atoms with Crippen LogP contribution in [0.25, 0.3) is 0 Å². The molecule has 0 radical (unpaired) electrons. The SMILES string of the molecule is CCC(=O)N[C@@H](C)c1ccc(O[C@@H]2CCN(c3ccnc(OCC4CC4)c3)C2)cc1. The summed E-state index contributed by atoms with van der Waals surface area (Å²) in [6, 6.07) is 12.1. The van der Waals surface area contributed by atoms with Gasteiger partial charge in [-0.3, -0.25) is 4.79 Å². The Bertz CT molecular complexity index is 851. The summed E-state index contributed by atoms with van der Waals surface area (Å²) < 4.78 is 12.0. The molecule has 1 saturated carbocycles. The maximum absolute atomic E-state index is 11.6. The minimum atomic E-state index is -0.00325. The molecule has 2 fully saturated rings. The molecule has 160 valence electrons. The molecule has 2 aliphatic rings. The lowest BCUT2D eigenvalue weighted by Crippen LogP contribution is -2.25. The lowest BCUT2D eigenvalue weighted by atomic mass is 10.1. The lowest BCUT2D eigenvalue weighted by Gasteiger charge is -2.20. The molecule has 1 aromatic heterocycles. The van der Waals surface area contributed by atoms with Crippen LogP contribution < -0.4 is 19.7 Å². The molecule has 1 N–H and O–H groups in total. The zero-order valence-electron chi connectivity index (χ0n) is 17.8. The van der Waals surface area contributed by atoms with Gasteiger partial charge in [0.15, 0.2) is 0 Å². The van der Waals surface area contributed by atoms with E-state index in [0.717, 1.165) is 49.0 Å². The lowest BCUT2D eigenvalue weighted by molar-refractivity contribution is -0.121. The van der Waals surface area contributed by atoms with Gasteiger partial charge in [0.2, 0.25) is 11.8 Å². The van der Waals surface area contributed by atoms with Crippen molar-refractivity contribution in [2.24, 2.45) is 5.92 Å². The van der Waals surface area contributed by atoms with Gasteiger partial charge in [-0.15, -0.1) is 0 Å². The first kappa shape index (κ1) is 20.5. The summed E-state index contributed by atoms with van der Waals surface area (Å²) >= 11 is 0. The van der Waals surface area contributed by atoms with E-state index in [1.165, 1.54) is 12.8 Å². The fourth-order valence-electron chi connectivity index (χ4n) is 3.68. The second-order valence-electron chi connectivity index (χ2n) is 8.29. The van der Waals surface area contributed by atoms with Gasteiger partial charge >= 0.3 is 0 Å². The Balaban J connectivity index is 1.29. The van der Waals surface area contributed by atoms with Crippen molar-refractivity contribution in [1.82, 2.24) is 10.3 Å². The van der Waals surface area contributed by atoms with Crippen molar-refractivity contribution in [2.75, 3.05) is 24.6 Å². The first-order chi connectivity index (χ1) is 14.6. The van der Waals surface area contributed by atoms with E-state index in [4.69, 9.17) is 9.47 Å². The topological polar surface area (TPSA) is 63.7 Å². The zero-order valence-corrected chi connectivity index (χ0v) is 17.8. The van der Waals surface area contributed by atoms with Gasteiger partial charge in [0.1, 0.15) is 11.9 Å². The number of hydrogen-bond donors (Lipinski definition) is 1. The van der Waals surface area contributed by atoms with Crippen LogP contribution in [0.15, 0.2) is 42.6 Å². The number of pyridine rings is 1. The minimum absolute atomic E-state index is 0.00325. The number of carbonyl (C=O) groups excluding carboxylic acids is 1.